The average Bonchev–Trinajstić information content (AvgIpc) is 3.38. The van der Waals surface area contributed by atoms with Gasteiger partial charge in [-0.3, -0.25) is 9.48 Å². The van der Waals surface area contributed by atoms with E-state index in [1.54, 1.807) is 35.5 Å². The molecule has 4 heterocycles. The van der Waals surface area contributed by atoms with Crippen molar-refractivity contribution in [2.45, 2.75) is 24.9 Å². The fourth-order valence-electron chi connectivity index (χ4n) is 3.46. The summed E-state index contributed by atoms with van der Waals surface area (Å²) in [5.74, 6) is -0.423. The summed E-state index contributed by atoms with van der Waals surface area (Å²) in [7, 11) is 1.68. The molecule has 1 aliphatic heterocycles. The Morgan fingerprint density at radius 3 is 2.76 bits per heavy atom. The number of carbonyl (C=O) groups excluding carboxylic acids is 1. The van der Waals surface area contributed by atoms with Crippen LogP contribution < -0.4 is 0 Å². The maximum atomic E-state index is 13.4. The second kappa shape index (κ2) is 7.58. The van der Waals surface area contributed by atoms with Crippen molar-refractivity contribution in [2.24, 2.45) is 7.05 Å². The third-order valence-corrected chi connectivity index (χ3v) is 5.81. The summed E-state index contributed by atoms with van der Waals surface area (Å²) in [6.07, 6.45) is -1.73. The molecule has 0 aromatic carbocycles. The van der Waals surface area contributed by atoms with Gasteiger partial charge >= 0.3 is 6.18 Å². The molecular weight excluding hydrogens is 403 g/mol. The van der Waals surface area contributed by atoms with Gasteiger partial charge in [-0.15, -0.1) is 11.3 Å². The zero-order chi connectivity index (χ0) is 20.6. The number of thiophene rings is 1. The number of likely N-dealkylation sites (tertiary alicyclic amines) is 1. The summed E-state index contributed by atoms with van der Waals surface area (Å²) in [5, 5.41) is 5.80. The molecule has 0 spiro atoms. The molecule has 0 radical (unpaired) electrons. The molecule has 1 aliphatic rings. The topological polar surface area (TPSA) is 63.9 Å². The third-order valence-electron chi connectivity index (χ3n) is 4.92. The molecule has 4 rings (SSSR count). The first-order valence-electron chi connectivity index (χ1n) is 9.10. The van der Waals surface area contributed by atoms with Crippen molar-refractivity contribution in [1.29, 1.82) is 0 Å². The summed E-state index contributed by atoms with van der Waals surface area (Å²) in [6, 6.07) is 6.11. The van der Waals surface area contributed by atoms with Crippen molar-refractivity contribution >= 4 is 17.2 Å². The van der Waals surface area contributed by atoms with Gasteiger partial charge in [0.15, 0.2) is 0 Å². The highest BCUT2D eigenvalue weighted by atomic mass is 32.1. The summed E-state index contributed by atoms with van der Waals surface area (Å²) >= 11 is 1.32. The number of alkyl halides is 3. The van der Waals surface area contributed by atoms with Gasteiger partial charge in [0.05, 0.1) is 10.6 Å². The number of rotatable bonds is 3. The molecule has 0 bridgehead atoms. The summed E-state index contributed by atoms with van der Waals surface area (Å²) < 4.78 is 41.8. The predicted octanol–water partition coefficient (Wildman–Crippen LogP) is 3.98. The molecule has 152 valence electrons. The summed E-state index contributed by atoms with van der Waals surface area (Å²) in [5.41, 5.74) is -0.261. The molecule has 1 fully saturated rings. The fourth-order valence-corrected chi connectivity index (χ4v) is 4.15. The van der Waals surface area contributed by atoms with Crippen LogP contribution in [0.2, 0.25) is 0 Å². The Morgan fingerprint density at radius 2 is 2.10 bits per heavy atom. The van der Waals surface area contributed by atoms with Gasteiger partial charge in [-0.05, 0) is 36.4 Å². The molecule has 1 amide bonds. The van der Waals surface area contributed by atoms with E-state index in [1.807, 2.05) is 0 Å². The Kier molecular flexibility index (Phi) is 5.12. The highest BCUT2D eigenvalue weighted by Gasteiger charge is 2.36. The van der Waals surface area contributed by atoms with Crippen LogP contribution >= 0.6 is 11.3 Å². The fraction of sp³-hybridized carbons (Fsp3) is 0.368. The monoisotopic (exact) mass is 421 g/mol. The van der Waals surface area contributed by atoms with E-state index < -0.39 is 11.9 Å². The van der Waals surface area contributed by atoms with E-state index in [1.165, 1.54) is 22.2 Å². The standard InChI is InChI=1S/C19H18F3N5OS/c1-26-14(6-7-23-26)18(28)27-8-2-4-12(11-27)17-24-13(15-5-3-9-29-15)10-16(25-17)19(20,21)22/h3,5-7,9-10,12H,2,4,8,11H2,1H3. The number of hydrogen-bond donors (Lipinski definition) is 0. The minimum atomic E-state index is -4.57. The molecule has 0 aliphatic carbocycles. The van der Waals surface area contributed by atoms with Crippen LogP contribution in [0.4, 0.5) is 13.2 Å². The first kappa shape index (κ1) is 19.6. The van der Waals surface area contributed by atoms with Crippen LogP contribution in [-0.2, 0) is 13.2 Å². The smallest absolute Gasteiger partial charge is 0.337 e. The summed E-state index contributed by atoms with van der Waals surface area (Å²) in [4.78, 5) is 23.3. The number of carbonyl (C=O) groups is 1. The first-order valence-corrected chi connectivity index (χ1v) is 9.98. The van der Waals surface area contributed by atoms with Gasteiger partial charge in [-0.1, -0.05) is 6.07 Å². The van der Waals surface area contributed by atoms with Crippen molar-refractivity contribution in [3.05, 3.63) is 53.1 Å². The number of aromatic nitrogens is 4. The molecule has 3 aromatic heterocycles. The minimum Gasteiger partial charge on any atom is -0.337 e. The quantitative estimate of drug-likeness (QED) is 0.642. The number of halogens is 3. The Labute approximate surface area is 169 Å². The van der Waals surface area contributed by atoms with Crippen molar-refractivity contribution in [3.8, 4) is 10.6 Å². The van der Waals surface area contributed by atoms with E-state index in [-0.39, 0.29) is 29.9 Å². The number of piperidine rings is 1. The van der Waals surface area contributed by atoms with Crippen molar-refractivity contribution in [3.63, 3.8) is 0 Å². The van der Waals surface area contributed by atoms with Crippen molar-refractivity contribution in [2.75, 3.05) is 13.1 Å². The Balaban J connectivity index is 1.65. The SMILES string of the molecule is Cn1nccc1C(=O)N1CCCC(c2nc(-c3cccs3)cc(C(F)(F)F)n2)C1. The van der Waals surface area contributed by atoms with Gasteiger partial charge in [0.25, 0.3) is 5.91 Å². The van der Waals surface area contributed by atoms with Crippen LogP contribution in [-0.4, -0.2) is 43.6 Å². The van der Waals surface area contributed by atoms with Gasteiger partial charge in [-0.2, -0.15) is 18.3 Å². The van der Waals surface area contributed by atoms with Crippen LogP contribution in [0.15, 0.2) is 35.8 Å². The van der Waals surface area contributed by atoms with Gasteiger partial charge < -0.3 is 4.90 Å². The van der Waals surface area contributed by atoms with Crippen LogP contribution in [0.5, 0.6) is 0 Å². The predicted molar refractivity (Wildman–Crippen MR) is 101 cm³/mol. The van der Waals surface area contributed by atoms with Crippen LogP contribution in [0.1, 0.15) is 40.8 Å². The molecule has 10 heteroatoms. The van der Waals surface area contributed by atoms with Gasteiger partial charge in [0, 0.05) is 32.3 Å². The summed E-state index contributed by atoms with van der Waals surface area (Å²) in [6.45, 7) is 0.812. The largest absolute Gasteiger partial charge is 0.433 e. The zero-order valence-electron chi connectivity index (χ0n) is 15.6. The van der Waals surface area contributed by atoms with E-state index in [2.05, 4.69) is 15.1 Å². The second-order valence-corrected chi connectivity index (χ2v) is 7.85. The molecular formula is C19H18F3N5OS. The molecule has 1 unspecified atom stereocenters. The second-order valence-electron chi connectivity index (χ2n) is 6.90. The average molecular weight is 421 g/mol. The number of amides is 1. The highest BCUT2D eigenvalue weighted by molar-refractivity contribution is 7.13. The normalized spacial score (nSPS) is 17.5. The lowest BCUT2D eigenvalue weighted by atomic mass is 9.96. The van der Waals surface area contributed by atoms with E-state index in [4.69, 9.17) is 0 Å². The van der Waals surface area contributed by atoms with E-state index in [0.29, 0.717) is 30.0 Å². The molecule has 1 atom stereocenters. The molecule has 0 saturated carbocycles. The van der Waals surface area contributed by atoms with Crippen LogP contribution in [0, 0.1) is 0 Å². The number of hydrogen-bond acceptors (Lipinski definition) is 5. The molecule has 6 nitrogen and oxygen atoms in total. The molecule has 3 aromatic rings. The zero-order valence-corrected chi connectivity index (χ0v) is 16.4. The first-order chi connectivity index (χ1) is 13.8. The van der Waals surface area contributed by atoms with E-state index >= 15 is 0 Å². The van der Waals surface area contributed by atoms with E-state index in [9.17, 15) is 18.0 Å². The molecule has 29 heavy (non-hydrogen) atoms. The van der Waals surface area contributed by atoms with Crippen LogP contribution in [0.3, 0.4) is 0 Å². The van der Waals surface area contributed by atoms with Crippen LogP contribution in [0.25, 0.3) is 10.6 Å². The Morgan fingerprint density at radius 1 is 1.28 bits per heavy atom. The Bertz CT molecular complexity index is 1020. The molecule has 0 N–H and O–H groups in total. The highest BCUT2D eigenvalue weighted by Crippen LogP contribution is 2.34. The lowest BCUT2D eigenvalue weighted by Crippen LogP contribution is -2.40. The minimum absolute atomic E-state index is 0.130. The molecule has 1 saturated heterocycles. The van der Waals surface area contributed by atoms with E-state index in [0.717, 1.165) is 6.07 Å². The number of nitrogens with zero attached hydrogens (tertiary/aromatic N) is 5. The maximum Gasteiger partial charge on any atom is 0.433 e. The van der Waals surface area contributed by atoms with Crippen molar-refractivity contribution in [1.82, 2.24) is 24.6 Å². The Hall–Kier alpha value is -2.75. The van der Waals surface area contributed by atoms with Gasteiger partial charge in [-0.25, -0.2) is 9.97 Å². The van der Waals surface area contributed by atoms with Gasteiger partial charge in [0.1, 0.15) is 17.2 Å². The lowest BCUT2D eigenvalue weighted by Gasteiger charge is -2.32. The van der Waals surface area contributed by atoms with Crippen molar-refractivity contribution < 1.29 is 18.0 Å². The van der Waals surface area contributed by atoms with Gasteiger partial charge in [0.2, 0.25) is 0 Å². The lowest BCUT2D eigenvalue weighted by molar-refractivity contribution is -0.141. The maximum absolute atomic E-state index is 13.4. The number of aryl methyl sites for hydroxylation is 1. The third kappa shape index (κ3) is 4.02.